The molecule has 0 aliphatic rings. The van der Waals surface area contributed by atoms with Gasteiger partial charge >= 0.3 is 0 Å². The van der Waals surface area contributed by atoms with Gasteiger partial charge in [0.15, 0.2) is 0 Å². The normalized spacial score (nSPS) is 12.0. The standard InChI is InChI=1S/C15H24N4O2/c1-11(20)7-9-17-15(21)6-5-14-12(2)18-19(13(14)3)10-4-8-16/h11,20H,4-7,9-10H2,1-3H3,(H,17,21). The van der Waals surface area contributed by atoms with E-state index in [1.807, 2.05) is 18.5 Å². The number of nitrogens with one attached hydrogen (secondary N) is 1. The number of rotatable bonds is 8. The minimum atomic E-state index is -0.395. The van der Waals surface area contributed by atoms with Gasteiger partial charge in [0.05, 0.1) is 30.8 Å². The minimum absolute atomic E-state index is 0.0146. The number of hydrogen-bond donors (Lipinski definition) is 2. The van der Waals surface area contributed by atoms with Gasteiger partial charge in [-0.2, -0.15) is 10.4 Å². The van der Waals surface area contributed by atoms with Gasteiger partial charge in [-0.15, -0.1) is 0 Å². The van der Waals surface area contributed by atoms with Gasteiger partial charge in [-0.1, -0.05) is 0 Å². The van der Waals surface area contributed by atoms with Crippen molar-refractivity contribution in [2.24, 2.45) is 0 Å². The molecule has 116 valence electrons. The highest BCUT2D eigenvalue weighted by molar-refractivity contribution is 5.76. The van der Waals surface area contributed by atoms with E-state index in [1.165, 1.54) is 0 Å². The predicted molar refractivity (Wildman–Crippen MR) is 79.6 cm³/mol. The van der Waals surface area contributed by atoms with Crippen LogP contribution in [0.5, 0.6) is 0 Å². The lowest BCUT2D eigenvalue weighted by Crippen LogP contribution is -2.26. The highest BCUT2D eigenvalue weighted by Gasteiger charge is 2.12. The molecule has 1 aromatic rings. The average Bonchev–Trinajstić information content (AvgIpc) is 2.68. The third kappa shape index (κ3) is 5.56. The number of nitrogens with zero attached hydrogens (tertiary/aromatic N) is 3. The second kappa shape index (κ2) is 8.42. The van der Waals surface area contributed by atoms with Crippen LogP contribution < -0.4 is 5.32 Å². The molecule has 1 atom stereocenters. The lowest BCUT2D eigenvalue weighted by molar-refractivity contribution is -0.121. The smallest absolute Gasteiger partial charge is 0.220 e. The molecule has 0 saturated carbocycles. The van der Waals surface area contributed by atoms with E-state index in [0.29, 0.717) is 38.8 Å². The van der Waals surface area contributed by atoms with Crippen LogP contribution in [0.15, 0.2) is 0 Å². The van der Waals surface area contributed by atoms with Crippen LogP contribution in [0.2, 0.25) is 0 Å². The number of aryl methyl sites for hydroxylation is 2. The summed E-state index contributed by atoms with van der Waals surface area (Å²) in [6.07, 6.45) is 1.65. The Labute approximate surface area is 125 Å². The van der Waals surface area contributed by atoms with Gasteiger partial charge in [0.1, 0.15) is 0 Å². The fourth-order valence-corrected chi connectivity index (χ4v) is 2.22. The maximum Gasteiger partial charge on any atom is 0.220 e. The maximum atomic E-state index is 11.7. The van der Waals surface area contributed by atoms with E-state index in [-0.39, 0.29) is 5.91 Å². The van der Waals surface area contributed by atoms with Gasteiger partial charge in [0.2, 0.25) is 5.91 Å². The zero-order valence-electron chi connectivity index (χ0n) is 13.0. The van der Waals surface area contributed by atoms with Gasteiger partial charge in [0, 0.05) is 18.7 Å². The summed E-state index contributed by atoms with van der Waals surface area (Å²) in [5.74, 6) is -0.0146. The largest absolute Gasteiger partial charge is 0.393 e. The number of nitriles is 1. The van der Waals surface area contributed by atoms with Gasteiger partial charge < -0.3 is 10.4 Å². The molecular formula is C15H24N4O2. The summed E-state index contributed by atoms with van der Waals surface area (Å²) in [7, 11) is 0. The van der Waals surface area contributed by atoms with E-state index in [1.54, 1.807) is 6.92 Å². The third-order valence-electron chi connectivity index (χ3n) is 3.45. The van der Waals surface area contributed by atoms with E-state index in [0.717, 1.165) is 17.0 Å². The highest BCUT2D eigenvalue weighted by atomic mass is 16.3. The molecule has 21 heavy (non-hydrogen) atoms. The van der Waals surface area contributed by atoms with E-state index in [2.05, 4.69) is 16.5 Å². The molecule has 2 N–H and O–H groups in total. The Morgan fingerprint density at radius 2 is 2.24 bits per heavy atom. The molecule has 6 heteroatoms. The first-order chi connectivity index (χ1) is 9.95. The average molecular weight is 292 g/mol. The van der Waals surface area contributed by atoms with Crippen molar-refractivity contribution in [3.63, 3.8) is 0 Å². The van der Waals surface area contributed by atoms with Crippen LogP contribution in [-0.2, 0) is 17.8 Å². The van der Waals surface area contributed by atoms with Gasteiger partial charge in [-0.3, -0.25) is 9.48 Å². The molecule has 6 nitrogen and oxygen atoms in total. The van der Waals surface area contributed by atoms with Crippen molar-refractivity contribution in [2.75, 3.05) is 6.54 Å². The molecule has 1 aromatic heterocycles. The Balaban J connectivity index is 2.50. The first-order valence-corrected chi connectivity index (χ1v) is 7.30. The number of carbonyl (C=O) groups is 1. The van der Waals surface area contributed by atoms with Crippen LogP contribution in [-0.4, -0.2) is 33.4 Å². The summed E-state index contributed by atoms with van der Waals surface area (Å²) >= 11 is 0. The lowest BCUT2D eigenvalue weighted by atomic mass is 10.1. The zero-order chi connectivity index (χ0) is 15.8. The molecule has 1 unspecified atom stereocenters. The van der Waals surface area contributed by atoms with E-state index >= 15 is 0 Å². The first kappa shape index (κ1) is 17.2. The minimum Gasteiger partial charge on any atom is -0.393 e. The second-order valence-corrected chi connectivity index (χ2v) is 5.27. The van der Waals surface area contributed by atoms with Gasteiger partial charge in [0.25, 0.3) is 0 Å². The SMILES string of the molecule is Cc1nn(CCC#N)c(C)c1CCC(=O)NCCC(C)O. The number of aliphatic hydroxyl groups excluding tert-OH is 1. The topological polar surface area (TPSA) is 90.9 Å². The second-order valence-electron chi connectivity index (χ2n) is 5.27. The molecular weight excluding hydrogens is 268 g/mol. The van der Waals surface area contributed by atoms with Gasteiger partial charge in [-0.25, -0.2) is 0 Å². The number of aromatic nitrogens is 2. The van der Waals surface area contributed by atoms with Crippen molar-refractivity contribution >= 4 is 5.91 Å². The first-order valence-electron chi connectivity index (χ1n) is 7.30. The van der Waals surface area contributed by atoms with Crippen LogP contribution in [0.4, 0.5) is 0 Å². The Kier molecular flexibility index (Phi) is 6.89. The molecule has 1 rings (SSSR count). The molecule has 0 saturated heterocycles. The van der Waals surface area contributed by atoms with E-state index in [9.17, 15) is 4.79 Å². The monoisotopic (exact) mass is 292 g/mol. The number of aliphatic hydroxyl groups is 1. The van der Waals surface area contributed by atoms with Crippen LogP contribution >= 0.6 is 0 Å². The fourth-order valence-electron chi connectivity index (χ4n) is 2.22. The molecule has 0 aromatic carbocycles. The lowest BCUT2D eigenvalue weighted by Gasteiger charge is -2.07. The van der Waals surface area contributed by atoms with Crippen molar-refractivity contribution in [3.05, 3.63) is 17.0 Å². The summed E-state index contributed by atoms with van der Waals surface area (Å²) in [5.41, 5.74) is 3.03. The molecule has 0 aliphatic heterocycles. The van der Waals surface area contributed by atoms with Crippen LogP contribution in [0.3, 0.4) is 0 Å². The number of hydrogen-bond acceptors (Lipinski definition) is 4. The summed E-state index contributed by atoms with van der Waals surface area (Å²) in [6, 6.07) is 2.11. The number of amides is 1. The summed E-state index contributed by atoms with van der Waals surface area (Å²) in [5, 5.41) is 25.0. The summed E-state index contributed by atoms with van der Waals surface area (Å²) in [6.45, 7) is 6.68. The van der Waals surface area contributed by atoms with Crippen LogP contribution in [0.25, 0.3) is 0 Å². The van der Waals surface area contributed by atoms with Crippen molar-refractivity contribution in [2.45, 2.75) is 59.1 Å². The Bertz CT molecular complexity index is 514. The highest BCUT2D eigenvalue weighted by Crippen LogP contribution is 2.15. The Hall–Kier alpha value is -1.87. The van der Waals surface area contributed by atoms with Gasteiger partial charge in [-0.05, 0) is 39.2 Å². The molecule has 0 spiro atoms. The number of carbonyl (C=O) groups excluding carboxylic acids is 1. The molecule has 0 radical (unpaired) electrons. The van der Waals surface area contributed by atoms with Crippen LogP contribution in [0.1, 0.15) is 43.1 Å². The van der Waals surface area contributed by atoms with Crippen LogP contribution in [0, 0.1) is 25.2 Å². The Morgan fingerprint density at radius 3 is 2.86 bits per heavy atom. The fraction of sp³-hybridized carbons (Fsp3) is 0.667. The van der Waals surface area contributed by atoms with Crippen molar-refractivity contribution in [1.29, 1.82) is 5.26 Å². The van der Waals surface area contributed by atoms with E-state index < -0.39 is 6.10 Å². The quantitative estimate of drug-likeness (QED) is 0.754. The van der Waals surface area contributed by atoms with E-state index in [4.69, 9.17) is 10.4 Å². The zero-order valence-corrected chi connectivity index (χ0v) is 13.0. The predicted octanol–water partition coefficient (Wildman–Crippen LogP) is 1.23. The summed E-state index contributed by atoms with van der Waals surface area (Å²) < 4.78 is 1.83. The maximum absolute atomic E-state index is 11.7. The third-order valence-corrected chi connectivity index (χ3v) is 3.45. The van der Waals surface area contributed by atoms with Crippen molar-refractivity contribution in [3.8, 4) is 6.07 Å². The Morgan fingerprint density at radius 1 is 1.52 bits per heavy atom. The molecule has 0 fully saturated rings. The van der Waals surface area contributed by atoms with Crippen molar-refractivity contribution in [1.82, 2.24) is 15.1 Å². The molecule has 0 bridgehead atoms. The summed E-state index contributed by atoms with van der Waals surface area (Å²) in [4.78, 5) is 11.7. The van der Waals surface area contributed by atoms with Crippen molar-refractivity contribution < 1.29 is 9.90 Å². The molecule has 1 amide bonds. The molecule has 1 heterocycles. The molecule has 0 aliphatic carbocycles.